The van der Waals surface area contributed by atoms with Gasteiger partial charge in [0.2, 0.25) is 9.84 Å². The molecule has 0 fully saturated rings. The standard InChI is InChI=1S/C11H10O2S/c12-14(13,11-8-4-5-9-11)10-6-2-1-3-7-10/h1-8H,9H2. The van der Waals surface area contributed by atoms with Crippen LogP contribution in [0.4, 0.5) is 0 Å². The third kappa shape index (κ3) is 1.51. The molecule has 0 heterocycles. The van der Waals surface area contributed by atoms with Gasteiger partial charge in [-0.05, 0) is 18.2 Å². The largest absolute Gasteiger partial charge is 0.219 e. The number of allylic oxidation sites excluding steroid dienone is 4. The van der Waals surface area contributed by atoms with Crippen molar-refractivity contribution in [1.29, 1.82) is 0 Å². The topological polar surface area (TPSA) is 34.1 Å². The molecule has 1 aliphatic carbocycles. The molecule has 0 unspecified atom stereocenters. The summed E-state index contributed by atoms with van der Waals surface area (Å²) < 4.78 is 23.9. The zero-order chi connectivity index (χ0) is 10.0. The maximum Gasteiger partial charge on any atom is 0.203 e. The molecule has 72 valence electrons. The van der Waals surface area contributed by atoms with Gasteiger partial charge in [0.05, 0.1) is 9.80 Å². The molecule has 2 rings (SSSR count). The van der Waals surface area contributed by atoms with Gasteiger partial charge in [0.1, 0.15) is 0 Å². The normalized spacial score (nSPS) is 15.6. The monoisotopic (exact) mass is 206 g/mol. The molecule has 0 amide bonds. The summed E-state index contributed by atoms with van der Waals surface area (Å²) >= 11 is 0. The minimum absolute atomic E-state index is 0.370. The van der Waals surface area contributed by atoms with E-state index in [-0.39, 0.29) is 0 Å². The van der Waals surface area contributed by atoms with E-state index < -0.39 is 9.84 Å². The van der Waals surface area contributed by atoms with E-state index in [4.69, 9.17) is 0 Å². The van der Waals surface area contributed by atoms with Gasteiger partial charge in [-0.25, -0.2) is 8.42 Å². The van der Waals surface area contributed by atoms with Gasteiger partial charge < -0.3 is 0 Å². The van der Waals surface area contributed by atoms with E-state index in [2.05, 4.69) is 0 Å². The second kappa shape index (κ2) is 3.42. The first-order valence-electron chi connectivity index (χ1n) is 4.37. The van der Waals surface area contributed by atoms with Crippen molar-refractivity contribution in [3.05, 3.63) is 53.5 Å². The molecule has 14 heavy (non-hydrogen) atoms. The zero-order valence-corrected chi connectivity index (χ0v) is 8.37. The molecule has 0 bridgehead atoms. The van der Waals surface area contributed by atoms with Crippen LogP contribution in [0, 0.1) is 0 Å². The molecular formula is C11H10O2S. The summed E-state index contributed by atoms with van der Waals surface area (Å²) in [7, 11) is -3.24. The number of benzene rings is 1. The summed E-state index contributed by atoms with van der Waals surface area (Å²) in [5.74, 6) is 0. The van der Waals surface area contributed by atoms with Crippen LogP contribution in [-0.2, 0) is 9.84 Å². The molecule has 0 aromatic heterocycles. The van der Waals surface area contributed by atoms with E-state index in [9.17, 15) is 8.42 Å². The molecule has 0 N–H and O–H groups in total. The van der Waals surface area contributed by atoms with E-state index in [1.165, 1.54) is 0 Å². The second-order valence-corrected chi connectivity index (χ2v) is 5.08. The van der Waals surface area contributed by atoms with Gasteiger partial charge in [-0.3, -0.25) is 0 Å². The predicted octanol–water partition coefficient (Wildman–Crippen LogP) is 2.30. The molecule has 1 aliphatic rings. The highest BCUT2D eigenvalue weighted by Gasteiger charge is 2.19. The number of hydrogen-bond acceptors (Lipinski definition) is 2. The summed E-state index contributed by atoms with van der Waals surface area (Å²) in [4.78, 5) is 0.846. The molecule has 0 atom stereocenters. The van der Waals surface area contributed by atoms with Crippen molar-refractivity contribution in [2.24, 2.45) is 0 Å². The van der Waals surface area contributed by atoms with Crippen molar-refractivity contribution < 1.29 is 8.42 Å². The Bertz CT molecular complexity index is 481. The van der Waals surface area contributed by atoms with Crippen LogP contribution < -0.4 is 0 Å². The molecule has 0 saturated carbocycles. The van der Waals surface area contributed by atoms with Crippen LogP contribution in [0.2, 0.25) is 0 Å². The number of hydrogen-bond donors (Lipinski definition) is 0. The van der Waals surface area contributed by atoms with E-state index in [0.717, 1.165) is 0 Å². The van der Waals surface area contributed by atoms with Crippen molar-refractivity contribution >= 4 is 9.84 Å². The summed E-state index contributed by atoms with van der Waals surface area (Å²) in [6, 6.07) is 8.51. The highest BCUT2D eigenvalue weighted by Crippen LogP contribution is 2.24. The van der Waals surface area contributed by atoms with Crippen LogP contribution in [-0.4, -0.2) is 8.42 Å². The van der Waals surface area contributed by atoms with Crippen molar-refractivity contribution in [3.63, 3.8) is 0 Å². The molecule has 2 nitrogen and oxygen atoms in total. The Kier molecular flexibility index (Phi) is 2.25. The molecule has 0 radical (unpaired) electrons. The van der Waals surface area contributed by atoms with Gasteiger partial charge in [-0.15, -0.1) is 0 Å². The Labute approximate surface area is 83.5 Å². The van der Waals surface area contributed by atoms with Crippen LogP contribution in [0.3, 0.4) is 0 Å². The lowest BCUT2D eigenvalue weighted by Crippen LogP contribution is -2.02. The molecule has 0 saturated heterocycles. The van der Waals surface area contributed by atoms with E-state index >= 15 is 0 Å². The Morgan fingerprint density at radius 3 is 2.36 bits per heavy atom. The fourth-order valence-corrected chi connectivity index (χ4v) is 2.77. The smallest absolute Gasteiger partial charge is 0.203 e. The van der Waals surface area contributed by atoms with Gasteiger partial charge >= 0.3 is 0 Å². The van der Waals surface area contributed by atoms with Crippen molar-refractivity contribution in [3.8, 4) is 0 Å². The SMILES string of the molecule is O=S(=O)(C1=CC=CC1)c1ccccc1. The maximum atomic E-state index is 11.9. The first kappa shape index (κ1) is 9.21. The molecule has 1 aromatic rings. The van der Waals surface area contributed by atoms with Crippen LogP contribution in [0.1, 0.15) is 6.42 Å². The summed E-state index contributed by atoms with van der Waals surface area (Å²) in [6.45, 7) is 0. The first-order chi connectivity index (χ1) is 6.71. The lowest BCUT2D eigenvalue weighted by atomic mass is 10.4. The lowest BCUT2D eigenvalue weighted by molar-refractivity contribution is 0.601. The van der Waals surface area contributed by atoms with Crippen LogP contribution >= 0.6 is 0 Å². The van der Waals surface area contributed by atoms with Crippen LogP contribution in [0.25, 0.3) is 0 Å². The fraction of sp³-hybridized carbons (Fsp3) is 0.0909. The van der Waals surface area contributed by atoms with E-state index in [1.54, 1.807) is 42.5 Å². The van der Waals surface area contributed by atoms with Gasteiger partial charge in [-0.2, -0.15) is 0 Å². The number of sulfone groups is 1. The quantitative estimate of drug-likeness (QED) is 0.744. The Morgan fingerprint density at radius 1 is 1.07 bits per heavy atom. The fourth-order valence-electron chi connectivity index (χ4n) is 1.38. The highest BCUT2D eigenvalue weighted by molar-refractivity contribution is 7.95. The minimum Gasteiger partial charge on any atom is -0.219 e. The molecular weight excluding hydrogens is 196 g/mol. The molecule has 3 heteroatoms. The number of rotatable bonds is 2. The van der Waals surface area contributed by atoms with Gasteiger partial charge in [0.15, 0.2) is 0 Å². The lowest BCUT2D eigenvalue weighted by Gasteiger charge is -2.03. The van der Waals surface area contributed by atoms with Crippen LogP contribution in [0.15, 0.2) is 58.4 Å². The third-order valence-corrected chi connectivity index (χ3v) is 4.02. The van der Waals surface area contributed by atoms with E-state index in [1.807, 2.05) is 6.08 Å². The summed E-state index contributed by atoms with van der Waals surface area (Å²) in [5, 5.41) is 0. The zero-order valence-electron chi connectivity index (χ0n) is 7.55. The molecule has 0 spiro atoms. The molecule has 1 aromatic carbocycles. The summed E-state index contributed by atoms with van der Waals surface area (Å²) in [6.07, 6.45) is 5.78. The average Bonchev–Trinajstić information content (AvgIpc) is 2.72. The van der Waals surface area contributed by atoms with Gasteiger partial charge in [0, 0.05) is 6.42 Å². The Hall–Kier alpha value is -1.35. The first-order valence-corrected chi connectivity index (χ1v) is 5.85. The van der Waals surface area contributed by atoms with E-state index in [0.29, 0.717) is 16.2 Å². The maximum absolute atomic E-state index is 11.9. The van der Waals surface area contributed by atoms with Crippen molar-refractivity contribution in [1.82, 2.24) is 0 Å². The Morgan fingerprint density at radius 2 is 1.79 bits per heavy atom. The summed E-state index contributed by atoms with van der Waals surface area (Å²) in [5.41, 5.74) is 0. The Balaban J connectivity index is 2.44. The van der Waals surface area contributed by atoms with Crippen LogP contribution in [0.5, 0.6) is 0 Å². The minimum atomic E-state index is -3.24. The van der Waals surface area contributed by atoms with Crippen molar-refractivity contribution in [2.75, 3.05) is 0 Å². The predicted molar refractivity (Wildman–Crippen MR) is 55.5 cm³/mol. The second-order valence-electron chi connectivity index (χ2n) is 3.08. The van der Waals surface area contributed by atoms with Gasteiger partial charge in [0.25, 0.3) is 0 Å². The molecule has 0 aliphatic heterocycles. The average molecular weight is 206 g/mol. The van der Waals surface area contributed by atoms with Crippen molar-refractivity contribution in [2.45, 2.75) is 11.3 Å². The highest BCUT2D eigenvalue weighted by atomic mass is 32.2. The van der Waals surface area contributed by atoms with Gasteiger partial charge in [-0.1, -0.05) is 30.4 Å². The third-order valence-electron chi connectivity index (χ3n) is 2.14.